The minimum Gasteiger partial charge on any atom is -0.491 e. The second-order valence-corrected chi connectivity index (χ2v) is 5.50. The molecule has 1 aliphatic rings. The summed E-state index contributed by atoms with van der Waals surface area (Å²) < 4.78 is 20.4. The van der Waals surface area contributed by atoms with E-state index in [0.29, 0.717) is 12.4 Å². The molecule has 1 heterocycles. The van der Waals surface area contributed by atoms with E-state index >= 15 is 0 Å². The summed E-state index contributed by atoms with van der Waals surface area (Å²) in [5.74, 6) is -0.835. The van der Waals surface area contributed by atoms with Gasteiger partial charge in [0.15, 0.2) is 6.10 Å². The molecular formula is C17H21NO7. The first-order valence-electron chi connectivity index (χ1n) is 7.94. The number of methoxy groups -OCH3 is 1. The lowest BCUT2D eigenvalue weighted by Gasteiger charge is -2.13. The molecule has 2 rings (SSSR count). The molecule has 0 bridgehead atoms. The van der Waals surface area contributed by atoms with Crippen LogP contribution in [0.15, 0.2) is 24.3 Å². The van der Waals surface area contributed by atoms with Crippen LogP contribution in [0.1, 0.15) is 30.1 Å². The van der Waals surface area contributed by atoms with Gasteiger partial charge in [0.1, 0.15) is 12.4 Å². The van der Waals surface area contributed by atoms with Crippen LogP contribution in [0.25, 0.3) is 0 Å². The predicted octanol–water partition coefficient (Wildman–Crippen LogP) is 1.67. The molecule has 1 aromatic carbocycles. The highest BCUT2D eigenvalue weighted by Gasteiger charge is 2.21. The largest absolute Gasteiger partial charge is 0.491 e. The summed E-state index contributed by atoms with van der Waals surface area (Å²) in [6.45, 7) is 2.59. The first kappa shape index (κ1) is 18.7. The fraction of sp³-hybridized carbons (Fsp3) is 0.471. The normalized spacial score (nSPS) is 17.4. The van der Waals surface area contributed by atoms with Crippen LogP contribution in [0, 0.1) is 0 Å². The summed E-state index contributed by atoms with van der Waals surface area (Å²) in [6.07, 6.45) is 0.0812. The van der Waals surface area contributed by atoms with Crippen LogP contribution in [0.2, 0.25) is 0 Å². The van der Waals surface area contributed by atoms with E-state index in [0.717, 1.165) is 26.6 Å². The fourth-order valence-electron chi connectivity index (χ4n) is 2.19. The number of ether oxygens (including phenoxy) is 4. The molecule has 0 aromatic heterocycles. The molecule has 0 saturated carbocycles. The van der Waals surface area contributed by atoms with Crippen molar-refractivity contribution in [1.29, 1.82) is 0 Å². The van der Waals surface area contributed by atoms with Crippen molar-refractivity contribution in [2.24, 2.45) is 0 Å². The monoisotopic (exact) mass is 351 g/mol. The van der Waals surface area contributed by atoms with Crippen LogP contribution in [-0.2, 0) is 19.0 Å². The number of amides is 2. The Morgan fingerprint density at radius 1 is 1.28 bits per heavy atom. The lowest BCUT2D eigenvalue weighted by atomic mass is 10.2. The van der Waals surface area contributed by atoms with E-state index in [1.54, 1.807) is 12.1 Å². The number of alkyl carbamates (subject to hydrolysis) is 1. The van der Waals surface area contributed by atoms with E-state index in [-0.39, 0.29) is 11.7 Å². The third-order valence-electron chi connectivity index (χ3n) is 3.61. The van der Waals surface area contributed by atoms with Crippen LogP contribution >= 0.6 is 0 Å². The summed E-state index contributed by atoms with van der Waals surface area (Å²) in [5.41, 5.74) is 0.266. The van der Waals surface area contributed by atoms with E-state index < -0.39 is 24.1 Å². The van der Waals surface area contributed by atoms with E-state index in [4.69, 9.17) is 14.2 Å². The maximum absolute atomic E-state index is 12.0. The lowest BCUT2D eigenvalue weighted by Crippen LogP contribution is -2.39. The summed E-state index contributed by atoms with van der Waals surface area (Å²) in [4.78, 5) is 34.6. The highest BCUT2D eigenvalue weighted by atomic mass is 16.6. The molecule has 1 saturated heterocycles. The summed E-state index contributed by atoms with van der Waals surface area (Å²) in [7, 11) is 1.13. The molecule has 8 heteroatoms. The second-order valence-electron chi connectivity index (χ2n) is 5.50. The molecule has 136 valence electrons. The molecule has 0 unspecified atom stereocenters. The number of rotatable bonds is 6. The van der Waals surface area contributed by atoms with Crippen LogP contribution in [0.3, 0.4) is 0 Å². The Hall–Kier alpha value is -2.61. The number of hydrogen-bond acceptors (Lipinski definition) is 7. The predicted molar refractivity (Wildman–Crippen MR) is 86.3 cm³/mol. The zero-order chi connectivity index (χ0) is 18.2. The minimum atomic E-state index is -1.14. The molecule has 0 radical (unpaired) electrons. The maximum Gasteiger partial charge on any atom is 0.413 e. The number of benzene rings is 1. The zero-order valence-electron chi connectivity index (χ0n) is 14.2. The fourth-order valence-corrected chi connectivity index (χ4v) is 2.19. The molecule has 25 heavy (non-hydrogen) atoms. The van der Waals surface area contributed by atoms with Crippen LogP contribution < -0.4 is 10.1 Å². The summed E-state index contributed by atoms with van der Waals surface area (Å²) in [6, 6.07) is 6.37. The van der Waals surface area contributed by atoms with Crippen molar-refractivity contribution < 1.29 is 33.3 Å². The second kappa shape index (κ2) is 9.03. The van der Waals surface area contributed by atoms with E-state index in [9.17, 15) is 14.4 Å². The van der Waals surface area contributed by atoms with Gasteiger partial charge in [-0.3, -0.25) is 10.1 Å². The molecule has 8 nitrogen and oxygen atoms in total. The van der Waals surface area contributed by atoms with Gasteiger partial charge in [0.25, 0.3) is 5.91 Å². The van der Waals surface area contributed by atoms with Crippen molar-refractivity contribution in [2.45, 2.75) is 32.0 Å². The maximum atomic E-state index is 12.0. The smallest absolute Gasteiger partial charge is 0.413 e. The standard InChI is InChI=1S/C17H21NO7/c1-11(15(19)18-17(21)22-2)25-16(20)12-5-7-13(8-6-12)24-10-14-4-3-9-23-14/h5-8,11,14H,3-4,9-10H2,1-2H3,(H,18,19,21)/t11-,14-/m1/s1. The quantitative estimate of drug-likeness (QED) is 0.778. The average molecular weight is 351 g/mol. The number of hydrogen-bond donors (Lipinski definition) is 1. The van der Waals surface area contributed by atoms with Crippen molar-refractivity contribution in [3.05, 3.63) is 29.8 Å². The van der Waals surface area contributed by atoms with Gasteiger partial charge in [0, 0.05) is 6.61 Å². The SMILES string of the molecule is COC(=O)NC(=O)[C@@H](C)OC(=O)c1ccc(OC[C@H]2CCCO2)cc1. The van der Waals surface area contributed by atoms with Gasteiger partial charge < -0.3 is 18.9 Å². The Morgan fingerprint density at radius 3 is 2.60 bits per heavy atom. The van der Waals surface area contributed by atoms with Crippen LogP contribution in [0.5, 0.6) is 5.75 Å². The van der Waals surface area contributed by atoms with Crippen LogP contribution in [0.4, 0.5) is 4.79 Å². The van der Waals surface area contributed by atoms with Gasteiger partial charge in [-0.25, -0.2) is 9.59 Å². The van der Waals surface area contributed by atoms with Crippen molar-refractivity contribution in [3.63, 3.8) is 0 Å². The topological polar surface area (TPSA) is 100 Å². The summed E-state index contributed by atoms with van der Waals surface area (Å²) in [5, 5.41) is 1.93. The third-order valence-corrected chi connectivity index (χ3v) is 3.61. The Bertz CT molecular complexity index is 608. The molecular weight excluding hydrogens is 330 g/mol. The van der Waals surface area contributed by atoms with Gasteiger partial charge in [-0.2, -0.15) is 0 Å². The van der Waals surface area contributed by atoms with Gasteiger partial charge in [0.05, 0.1) is 18.8 Å². The zero-order valence-corrected chi connectivity index (χ0v) is 14.2. The number of carbonyl (C=O) groups excluding carboxylic acids is 3. The van der Waals surface area contributed by atoms with Crippen LogP contribution in [-0.4, -0.2) is 50.5 Å². The Balaban J connectivity index is 1.82. The van der Waals surface area contributed by atoms with Gasteiger partial charge in [0.2, 0.25) is 0 Å². The number of imide groups is 1. The van der Waals surface area contributed by atoms with Crippen molar-refractivity contribution >= 4 is 18.0 Å². The molecule has 1 N–H and O–H groups in total. The first-order chi connectivity index (χ1) is 12.0. The number of esters is 1. The minimum absolute atomic E-state index is 0.110. The first-order valence-corrected chi connectivity index (χ1v) is 7.94. The molecule has 1 fully saturated rings. The highest BCUT2D eigenvalue weighted by molar-refractivity contribution is 5.97. The van der Waals surface area contributed by atoms with Crippen molar-refractivity contribution in [1.82, 2.24) is 5.32 Å². The average Bonchev–Trinajstić information content (AvgIpc) is 3.13. The Labute approximate surface area is 145 Å². The lowest BCUT2D eigenvalue weighted by molar-refractivity contribution is -0.128. The number of nitrogens with one attached hydrogen (secondary N) is 1. The third kappa shape index (κ3) is 5.75. The Kier molecular flexibility index (Phi) is 6.76. The van der Waals surface area contributed by atoms with E-state index in [2.05, 4.69) is 4.74 Å². The van der Waals surface area contributed by atoms with Gasteiger partial charge in [-0.15, -0.1) is 0 Å². The van der Waals surface area contributed by atoms with Gasteiger partial charge in [-0.05, 0) is 44.0 Å². The molecule has 0 spiro atoms. The van der Waals surface area contributed by atoms with Gasteiger partial charge in [-0.1, -0.05) is 0 Å². The van der Waals surface area contributed by atoms with Crippen molar-refractivity contribution in [2.75, 3.05) is 20.3 Å². The number of carbonyl (C=O) groups is 3. The molecule has 2 atom stereocenters. The molecule has 1 aromatic rings. The van der Waals surface area contributed by atoms with Crippen molar-refractivity contribution in [3.8, 4) is 5.75 Å². The molecule has 2 amide bonds. The highest BCUT2D eigenvalue weighted by Crippen LogP contribution is 2.17. The molecule has 1 aliphatic heterocycles. The summed E-state index contributed by atoms with van der Waals surface area (Å²) >= 11 is 0. The van der Waals surface area contributed by atoms with Gasteiger partial charge >= 0.3 is 12.1 Å². The molecule has 0 aliphatic carbocycles. The van der Waals surface area contributed by atoms with E-state index in [1.165, 1.54) is 19.1 Å². The van der Waals surface area contributed by atoms with E-state index in [1.807, 2.05) is 5.32 Å². The Morgan fingerprint density at radius 2 is 2.00 bits per heavy atom.